The zero-order valence-corrected chi connectivity index (χ0v) is 22.5. The first-order valence-corrected chi connectivity index (χ1v) is 12.8. The van der Waals surface area contributed by atoms with Gasteiger partial charge in [0.15, 0.2) is 6.17 Å². The number of nitrogens with zero attached hydrogens (tertiary/aromatic N) is 2. The molecule has 0 saturated carbocycles. The van der Waals surface area contributed by atoms with Gasteiger partial charge in [-0.3, -0.25) is 14.6 Å². The van der Waals surface area contributed by atoms with Crippen molar-refractivity contribution in [1.82, 2.24) is 10.3 Å². The lowest BCUT2D eigenvalue weighted by Gasteiger charge is -2.41. The molecule has 2 heterocycles. The van der Waals surface area contributed by atoms with E-state index in [1.807, 2.05) is 11.8 Å². The third kappa shape index (κ3) is 5.43. The van der Waals surface area contributed by atoms with Crippen LogP contribution in [0.15, 0.2) is 54.6 Å². The molecule has 2 aliphatic rings. The normalized spacial score (nSPS) is 25.5. The number of benzene rings is 1. The Morgan fingerprint density at radius 1 is 1.18 bits per heavy atom. The maximum atomic E-state index is 16.7. The number of alkyl halides is 1. The van der Waals surface area contributed by atoms with Crippen molar-refractivity contribution in [3.8, 4) is 0 Å². The number of anilines is 1. The second-order valence-corrected chi connectivity index (χ2v) is 11.5. The van der Waals surface area contributed by atoms with Crippen LogP contribution in [0.3, 0.4) is 0 Å². The van der Waals surface area contributed by atoms with Crippen molar-refractivity contribution < 1.29 is 22.8 Å². The average molecular weight is 542 g/mol. The van der Waals surface area contributed by atoms with E-state index in [4.69, 9.17) is 11.5 Å². The van der Waals surface area contributed by atoms with E-state index < -0.39 is 51.7 Å². The topological polar surface area (TPSA) is 114 Å². The molecule has 1 aliphatic heterocycles. The molecule has 5 N–H and O–H groups in total. The van der Waals surface area contributed by atoms with Gasteiger partial charge < -0.3 is 21.7 Å². The van der Waals surface area contributed by atoms with Crippen molar-refractivity contribution in [2.45, 2.75) is 57.3 Å². The molecule has 1 saturated heterocycles. The van der Waals surface area contributed by atoms with Gasteiger partial charge in [0.1, 0.15) is 17.1 Å². The van der Waals surface area contributed by atoms with E-state index in [-0.39, 0.29) is 23.1 Å². The first-order chi connectivity index (χ1) is 18.2. The van der Waals surface area contributed by atoms with Crippen LogP contribution in [0.4, 0.5) is 18.9 Å². The molecule has 39 heavy (non-hydrogen) atoms. The summed E-state index contributed by atoms with van der Waals surface area (Å²) in [7, 11) is 0. The molecule has 4 atom stereocenters. The number of rotatable bonds is 5. The SMILES string of the molecule is C[C@@H]1C[C@H](N)CN(c2ccncc2C2(C(N)=O)C=CC(F)=C(c3cc(C(=O)NC(C)(C)C)ccc3F)C2F)C1. The van der Waals surface area contributed by atoms with Crippen molar-refractivity contribution in [1.29, 1.82) is 0 Å². The smallest absolute Gasteiger partial charge is 0.251 e. The Morgan fingerprint density at radius 3 is 2.54 bits per heavy atom. The highest BCUT2D eigenvalue weighted by Gasteiger charge is 2.52. The Kier molecular flexibility index (Phi) is 7.62. The number of hydrogen-bond acceptors (Lipinski definition) is 5. The van der Waals surface area contributed by atoms with Crippen LogP contribution in [-0.2, 0) is 10.2 Å². The number of primary amides is 1. The van der Waals surface area contributed by atoms with Crippen molar-refractivity contribution in [3.63, 3.8) is 0 Å². The van der Waals surface area contributed by atoms with Gasteiger partial charge in [-0.05, 0) is 63.5 Å². The number of carbonyl (C=O) groups is 2. The van der Waals surface area contributed by atoms with Gasteiger partial charge in [0.2, 0.25) is 5.91 Å². The Labute approximate surface area is 226 Å². The summed E-state index contributed by atoms with van der Waals surface area (Å²) in [5.74, 6) is -3.44. The second-order valence-electron chi connectivity index (χ2n) is 11.5. The molecule has 4 rings (SSSR count). The van der Waals surface area contributed by atoms with E-state index >= 15 is 13.2 Å². The average Bonchev–Trinajstić information content (AvgIpc) is 2.83. The maximum Gasteiger partial charge on any atom is 0.251 e. The summed E-state index contributed by atoms with van der Waals surface area (Å²) < 4.78 is 47.2. The number of carbonyl (C=O) groups excluding carboxylic acids is 2. The van der Waals surface area contributed by atoms with Crippen molar-refractivity contribution in [2.75, 3.05) is 18.0 Å². The van der Waals surface area contributed by atoms with Gasteiger partial charge in [0, 0.05) is 65.0 Å². The highest BCUT2D eigenvalue weighted by molar-refractivity contribution is 5.99. The lowest BCUT2D eigenvalue weighted by Crippen LogP contribution is -2.51. The molecular formula is C29H34F3N5O2. The monoisotopic (exact) mass is 541 g/mol. The van der Waals surface area contributed by atoms with Crippen LogP contribution in [-0.4, -0.2) is 47.6 Å². The van der Waals surface area contributed by atoms with Gasteiger partial charge >= 0.3 is 0 Å². The van der Waals surface area contributed by atoms with Crippen LogP contribution in [0.2, 0.25) is 0 Å². The molecule has 1 aliphatic carbocycles. The van der Waals surface area contributed by atoms with E-state index in [0.29, 0.717) is 18.8 Å². The Morgan fingerprint density at radius 2 is 1.90 bits per heavy atom. The number of allylic oxidation sites excluding steroid dienone is 3. The van der Waals surface area contributed by atoms with Gasteiger partial charge in [0.05, 0.1) is 0 Å². The lowest BCUT2D eigenvalue weighted by molar-refractivity contribution is -0.123. The van der Waals surface area contributed by atoms with Gasteiger partial charge in [-0.15, -0.1) is 0 Å². The standard InChI is InChI=1S/C29H34F3N5O2/c1-16-11-18(33)15-37(14-16)23-8-10-35-13-20(23)29(27(34)39)9-7-22(31)24(25(29)32)19-12-17(5-6-21(19)30)26(38)36-28(2,3)4/h5-10,12-13,16,18,25H,11,14-15,33H2,1-4H3,(H2,34,39)(H,36,38)/t16-,18+,25?,29?/m1/s1. The first-order valence-electron chi connectivity index (χ1n) is 12.8. The second kappa shape index (κ2) is 10.5. The predicted octanol–water partition coefficient (Wildman–Crippen LogP) is 3.93. The third-order valence-electron chi connectivity index (χ3n) is 7.09. The number of nitrogens with two attached hydrogens (primary N) is 2. The Balaban J connectivity index is 1.84. The van der Waals surface area contributed by atoms with Crippen molar-refractivity contribution >= 4 is 23.1 Å². The van der Waals surface area contributed by atoms with E-state index in [9.17, 15) is 9.59 Å². The minimum absolute atomic E-state index is 0.00594. The molecule has 0 spiro atoms. The van der Waals surface area contributed by atoms with E-state index in [1.165, 1.54) is 18.5 Å². The molecule has 10 heteroatoms. The summed E-state index contributed by atoms with van der Waals surface area (Å²) in [5.41, 5.74) is 8.71. The lowest BCUT2D eigenvalue weighted by atomic mass is 9.69. The molecule has 0 radical (unpaired) electrons. The fraction of sp³-hybridized carbons (Fsp3) is 0.414. The van der Waals surface area contributed by atoms with Crippen LogP contribution >= 0.6 is 0 Å². The van der Waals surface area contributed by atoms with E-state index in [1.54, 1.807) is 26.8 Å². The highest BCUT2D eigenvalue weighted by Crippen LogP contribution is 2.47. The van der Waals surface area contributed by atoms with Gasteiger partial charge in [0.25, 0.3) is 5.91 Å². The van der Waals surface area contributed by atoms with Crippen LogP contribution in [0, 0.1) is 11.7 Å². The summed E-state index contributed by atoms with van der Waals surface area (Å²) in [6.45, 7) is 8.39. The number of hydrogen-bond donors (Lipinski definition) is 3. The number of aromatic nitrogens is 1. The summed E-state index contributed by atoms with van der Waals surface area (Å²) >= 11 is 0. The molecular weight excluding hydrogens is 507 g/mol. The number of halogens is 3. The van der Waals surface area contributed by atoms with Gasteiger partial charge in [-0.1, -0.05) is 13.0 Å². The maximum absolute atomic E-state index is 16.7. The van der Waals surface area contributed by atoms with Gasteiger partial charge in [-0.2, -0.15) is 0 Å². The van der Waals surface area contributed by atoms with Crippen LogP contribution in [0.1, 0.15) is 55.6 Å². The van der Waals surface area contributed by atoms with Crippen LogP contribution in [0.25, 0.3) is 5.57 Å². The molecule has 2 unspecified atom stereocenters. The Hall–Kier alpha value is -3.66. The molecule has 7 nitrogen and oxygen atoms in total. The number of amides is 2. The molecule has 1 aromatic heterocycles. The fourth-order valence-corrected chi connectivity index (χ4v) is 5.42. The largest absolute Gasteiger partial charge is 0.369 e. The molecule has 1 fully saturated rings. The van der Waals surface area contributed by atoms with Crippen LogP contribution in [0.5, 0.6) is 0 Å². The predicted molar refractivity (Wildman–Crippen MR) is 145 cm³/mol. The minimum atomic E-state index is -2.42. The van der Waals surface area contributed by atoms with Crippen molar-refractivity contribution in [3.05, 3.63) is 77.1 Å². The molecule has 2 aromatic rings. The molecule has 1 aromatic carbocycles. The summed E-state index contributed by atoms with van der Waals surface area (Å²) in [4.78, 5) is 31.9. The summed E-state index contributed by atoms with van der Waals surface area (Å²) in [5, 5.41) is 2.74. The van der Waals surface area contributed by atoms with Gasteiger partial charge in [-0.25, -0.2) is 13.2 Å². The molecule has 2 amide bonds. The minimum Gasteiger partial charge on any atom is -0.369 e. The quantitative estimate of drug-likeness (QED) is 0.531. The summed E-state index contributed by atoms with van der Waals surface area (Å²) in [6, 6.07) is 4.77. The Bertz CT molecular complexity index is 1340. The van der Waals surface area contributed by atoms with Crippen molar-refractivity contribution in [2.24, 2.45) is 17.4 Å². The molecule has 208 valence electrons. The zero-order valence-electron chi connectivity index (χ0n) is 22.5. The number of nitrogens with one attached hydrogen (secondary N) is 1. The van der Waals surface area contributed by atoms with Crippen LogP contribution < -0.4 is 21.7 Å². The van der Waals surface area contributed by atoms with E-state index in [0.717, 1.165) is 30.7 Å². The summed E-state index contributed by atoms with van der Waals surface area (Å²) in [6.07, 6.45) is 3.20. The fourth-order valence-electron chi connectivity index (χ4n) is 5.42. The molecule has 0 bridgehead atoms. The first kappa shape index (κ1) is 28.4. The number of piperidine rings is 1. The highest BCUT2D eigenvalue weighted by atomic mass is 19.1. The zero-order chi connectivity index (χ0) is 28.7. The number of pyridine rings is 1. The van der Waals surface area contributed by atoms with E-state index in [2.05, 4.69) is 10.3 Å². The third-order valence-corrected chi connectivity index (χ3v) is 7.09.